The Morgan fingerprint density at radius 2 is 2.00 bits per heavy atom. The molecule has 8 nitrogen and oxygen atoms in total. The van der Waals surface area contributed by atoms with Crippen LogP contribution in [-0.2, 0) is 20.0 Å². The number of nitrogens with zero attached hydrogens (tertiary/aromatic N) is 5. The molecule has 0 unspecified atom stereocenters. The number of aliphatic hydroxyl groups is 1. The van der Waals surface area contributed by atoms with Gasteiger partial charge < -0.3 is 19.3 Å². The molecule has 2 aliphatic rings. The lowest BCUT2D eigenvalue weighted by atomic mass is 9.90. The number of aryl methyl sites for hydroxylation is 2. The number of rotatable bonds is 5. The molecule has 3 aromatic heterocycles. The fraction of sp³-hybridized carbons (Fsp3) is 0.393. The van der Waals surface area contributed by atoms with Crippen molar-refractivity contribution in [1.82, 2.24) is 24.2 Å². The van der Waals surface area contributed by atoms with Crippen molar-refractivity contribution < 1.29 is 27.8 Å². The van der Waals surface area contributed by atoms with Crippen molar-refractivity contribution in [2.45, 2.75) is 50.6 Å². The van der Waals surface area contributed by atoms with Crippen molar-refractivity contribution in [3.05, 3.63) is 53.4 Å². The molecule has 6 rings (SSSR count). The second kappa shape index (κ2) is 9.48. The highest BCUT2D eigenvalue weighted by molar-refractivity contribution is 7.13. The van der Waals surface area contributed by atoms with Crippen LogP contribution >= 0.6 is 11.3 Å². The minimum absolute atomic E-state index is 0.0603. The molecule has 2 aliphatic heterocycles. The lowest BCUT2D eigenvalue weighted by molar-refractivity contribution is -0.232. The zero-order chi connectivity index (χ0) is 28.4. The molecule has 4 aromatic rings. The zero-order valence-corrected chi connectivity index (χ0v) is 23.0. The predicted molar refractivity (Wildman–Crippen MR) is 144 cm³/mol. The van der Waals surface area contributed by atoms with Crippen LogP contribution in [0.25, 0.3) is 33.0 Å². The smallest absolute Gasteiger partial charge is 0.416 e. The molecule has 0 radical (unpaired) electrons. The van der Waals surface area contributed by atoms with E-state index >= 15 is 0 Å². The summed E-state index contributed by atoms with van der Waals surface area (Å²) in [4.78, 5) is 20.3. The Hall–Kier alpha value is -3.64. The van der Waals surface area contributed by atoms with Crippen LogP contribution in [-0.4, -0.2) is 66.7 Å². The number of aromatic nitrogens is 4. The fourth-order valence-corrected chi connectivity index (χ4v) is 6.73. The number of hydrogen-bond donors (Lipinski definition) is 1. The first-order valence-corrected chi connectivity index (χ1v) is 13.8. The van der Waals surface area contributed by atoms with Crippen molar-refractivity contribution >= 4 is 17.2 Å². The molecule has 1 N–H and O–H groups in total. The van der Waals surface area contributed by atoms with Crippen LogP contribution in [0, 0.1) is 0 Å². The summed E-state index contributed by atoms with van der Waals surface area (Å²) in [5.74, 6) is 0.157. The molecule has 0 saturated carbocycles. The standard InChI is InChI=1S/C28H28F3N5O3S/c1-27(26(38)28(29,30)31)7-4-8-36(27)25(37)21-13-19(23-14-32-15-40-23)24-17-12-18(20-6-9-34(2)33-20)22(39-3)11-16(17)5-10-35(21)24/h6,9,11-15,26,38H,4-5,7-8,10H2,1-3H3/t26-,27+/m1/s1. The number of halogens is 3. The molecule has 0 spiro atoms. The third kappa shape index (κ3) is 4.12. The van der Waals surface area contributed by atoms with Gasteiger partial charge in [-0.25, -0.2) is 0 Å². The average molecular weight is 572 g/mol. The number of thiazole rings is 1. The van der Waals surface area contributed by atoms with Gasteiger partial charge in [0.2, 0.25) is 0 Å². The number of alkyl halides is 3. The molecule has 0 aliphatic carbocycles. The third-order valence-corrected chi connectivity index (χ3v) is 8.92. The first-order chi connectivity index (χ1) is 19.0. The number of likely N-dealkylation sites (tertiary alicyclic amines) is 1. The van der Waals surface area contributed by atoms with Crippen molar-refractivity contribution in [3.8, 4) is 38.7 Å². The van der Waals surface area contributed by atoms with Crippen LogP contribution in [0.15, 0.2) is 42.2 Å². The average Bonchev–Trinajstić information content (AvgIpc) is 3.72. The van der Waals surface area contributed by atoms with Crippen molar-refractivity contribution in [2.75, 3.05) is 13.7 Å². The van der Waals surface area contributed by atoms with Gasteiger partial charge in [-0.05, 0) is 56.0 Å². The summed E-state index contributed by atoms with van der Waals surface area (Å²) in [6.07, 6.45) is -2.88. The number of amides is 1. The van der Waals surface area contributed by atoms with E-state index in [2.05, 4.69) is 10.1 Å². The van der Waals surface area contributed by atoms with Crippen molar-refractivity contribution in [1.29, 1.82) is 0 Å². The van der Waals surface area contributed by atoms with Gasteiger partial charge in [0, 0.05) is 49.2 Å². The maximum atomic E-state index is 14.0. The van der Waals surface area contributed by atoms with E-state index in [4.69, 9.17) is 4.74 Å². The molecule has 1 amide bonds. The Morgan fingerprint density at radius 3 is 2.65 bits per heavy atom. The summed E-state index contributed by atoms with van der Waals surface area (Å²) in [6.45, 7) is 1.91. The number of carbonyl (C=O) groups excluding carboxylic acids is 1. The first kappa shape index (κ1) is 26.6. The molecule has 12 heteroatoms. The summed E-state index contributed by atoms with van der Waals surface area (Å²) >= 11 is 1.42. The van der Waals surface area contributed by atoms with Gasteiger partial charge in [0.05, 0.1) is 34.4 Å². The number of carbonyl (C=O) groups is 1. The van der Waals surface area contributed by atoms with Gasteiger partial charge in [-0.2, -0.15) is 18.3 Å². The highest BCUT2D eigenvalue weighted by atomic mass is 32.1. The normalized spacial score (nSPS) is 19.4. The Kier molecular flexibility index (Phi) is 6.30. The molecule has 210 valence electrons. The van der Waals surface area contributed by atoms with E-state index in [0.717, 1.165) is 38.5 Å². The van der Waals surface area contributed by atoms with E-state index in [1.54, 1.807) is 29.6 Å². The number of methoxy groups -OCH3 is 1. The summed E-state index contributed by atoms with van der Waals surface area (Å²) in [6, 6.07) is 7.65. The van der Waals surface area contributed by atoms with Crippen LogP contribution < -0.4 is 4.74 Å². The quantitative estimate of drug-likeness (QED) is 0.358. The van der Waals surface area contributed by atoms with Gasteiger partial charge in [0.15, 0.2) is 6.10 Å². The molecule has 1 aromatic carbocycles. The van der Waals surface area contributed by atoms with Crippen LogP contribution in [0.4, 0.5) is 13.2 Å². The largest absolute Gasteiger partial charge is 0.496 e. The molecular formula is C28H28F3N5O3S. The second-order valence-corrected chi connectivity index (χ2v) is 11.4. The Labute approximate surface area is 232 Å². The minimum atomic E-state index is -4.84. The molecule has 40 heavy (non-hydrogen) atoms. The van der Waals surface area contributed by atoms with E-state index in [0.29, 0.717) is 30.8 Å². The summed E-state index contributed by atoms with van der Waals surface area (Å²) in [5.41, 5.74) is 5.27. The summed E-state index contributed by atoms with van der Waals surface area (Å²) < 4.78 is 50.2. The maximum Gasteiger partial charge on any atom is 0.416 e. The van der Waals surface area contributed by atoms with Crippen LogP contribution in [0.3, 0.4) is 0 Å². The van der Waals surface area contributed by atoms with Gasteiger partial charge in [-0.1, -0.05) is 0 Å². The molecule has 1 fully saturated rings. The Balaban J connectivity index is 1.52. The summed E-state index contributed by atoms with van der Waals surface area (Å²) in [7, 11) is 3.45. The Bertz CT molecular complexity index is 1590. The fourth-order valence-electron chi connectivity index (χ4n) is 6.09. The zero-order valence-electron chi connectivity index (χ0n) is 22.2. The van der Waals surface area contributed by atoms with E-state index in [1.807, 2.05) is 36.0 Å². The lowest BCUT2D eigenvalue weighted by Gasteiger charge is -2.40. The number of hydrogen-bond acceptors (Lipinski definition) is 6. The highest BCUT2D eigenvalue weighted by Gasteiger charge is 2.56. The number of aliphatic hydroxyl groups excluding tert-OH is 1. The van der Waals surface area contributed by atoms with E-state index in [-0.39, 0.29) is 13.0 Å². The second-order valence-electron chi connectivity index (χ2n) is 10.5. The number of benzene rings is 1. The SMILES string of the molecule is COc1cc2c(cc1-c1ccn(C)n1)-c1c(-c3cncs3)cc(C(=O)N3CCC[C@@]3(C)[C@@H](O)C(F)(F)F)n1CC2. The molecule has 5 heterocycles. The van der Waals surface area contributed by atoms with Crippen LogP contribution in [0.2, 0.25) is 0 Å². The van der Waals surface area contributed by atoms with E-state index in [1.165, 1.54) is 23.2 Å². The molecule has 2 atom stereocenters. The van der Waals surface area contributed by atoms with Crippen molar-refractivity contribution in [2.24, 2.45) is 7.05 Å². The van der Waals surface area contributed by atoms with Gasteiger partial charge in [0.1, 0.15) is 11.4 Å². The van der Waals surface area contributed by atoms with Crippen LogP contribution in [0.1, 0.15) is 35.8 Å². The predicted octanol–water partition coefficient (Wildman–Crippen LogP) is 5.16. The van der Waals surface area contributed by atoms with Gasteiger partial charge >= 0.3 is 6.18 Å². The highest BCUT2D eigenvalue weighted by Crippen LogP contribution is 2.46. The van der Waals surface area contributed by atoms with Crippen molar-refractivity contribution in [3.63, 3.8) is 0 Å². The monoisotopic (exact) mass is 571 g/mol. The van der Waals surface area contributed by atoms with Gasteiger partial charge in [-0.3, -0.25) is 14.5 Å². The molecule has 0 bridgehead atoms. The number of fused-ring (bicyclic) bond motifs is 3. The Morgan fingerprint density at radius 1 is 1.20 bits per heavy atom. The first-order valence-electron chi connectivity index (χ1n) is 12.9. The molecular weight excluding hydrogens is 543 g/mol. The maximum absolute atomic E-state index is 14.0. The minimum Gasteiger partial charge on any atom is -0.496 e. The van der Waals surface area contributed by atoms with Gasteiger partial charge in [0.25, 0.3) is 5.91 Å². The number of ether oxygens (including phenoxy) is 1. The lowest BCUT2D eigenvalue weighted by Crippen LogP contribution is -2.58. The van der Waals surface area contributed by atoms with E-state index in [9.17, 15) is 23.1 Å². The summed E-state index contributed by atoms with van der Waals surface area (Å²) in [5, 5.41) is 14.8. The topological polar surface area (TPSA) is 85.4 Å². The van der Waals surface area contributed by atoms with Gasteiger partial charge in [-0.15, -0.1) is 11.3 Å². The van der Waals surface area contributed by atoms with Crippen LogP contribution in [0.5, 0.6) is 5.75 Å². The van der Waals surface area contributed by atoms with E-state index < -0.39 is 23.7 Å². The molecule has 1 saturated heterocycles. The third-order valence-electron chi connectivity index (χ3n) is 8.11.